The molecule has 128 valence electrons. The van der Waals surface area contributed by atoms with E-state index in [-0.39, 0.29) is 16.8 Å². The lowest BCUT2D eigenvalue weighted by atomic mass is 10.3. The molecule has 3 N–H and O–H groups in total. The number of nitrogens with zero attached hydrogens (tertiary/aromatic N) is 3. The summed E-state index contributed by atoms with van der Waals surface area (Å²) in [5.74, 6) is 5.82. The lowest BCUT2D eigenvalue weighted by Gasteiger charge is -2.14. The lowest BCUT2D eigenvalue weighted by Crippen LogP contribution is -2.33. The Bertz CT molecular complexity index is 827. The smallest absolute Gasteiger partial charge is 0.294 e. The number of thioether (sulfide) groups is 1. The predicted octanol–water partition coefficient (Wildman–Crippen LogP) is 1.44. The molecular formula is C14H16ClN5O3S. The van der Waals surface area contributed by atoms with Gasteiger partial charge in [-0.3, -0.25) is 9.59 Å². The van der Waals surface area contributed by atoms with E-state index in [1.165, 1.54) is 14.0 Å². The van der Waals surface area contributed by atoms with E-state index in [1.54, 1.807) is 25.1 Å². The number of rotatable bonds is 5. The van der Waals surface area contributed by atoms with Gasteiger partial charge < -0.3 is 15.9 Å². The summed E-state index contributed by atoms with van der Waals surface area (Å²) in [4.78, 5) is 24.1. The zero-order valence-corrected chi connectivity index (χ0v) is 14.8. The summed E-state index contributed by atoms with van der Waals surface area (Å²) in [6, 6.07) is 4.89. The number of hydrogen-bond donors (Lipinski definition) is 2. The first-order valence-electron chi connectivity index (χ1n) is 6.86. The molecule has 0 saturated carbocycles. The van der Waals surface area contributed by atoms with Crippen LogP contribution in [0.2, 0.25) is 5.02 Å². The molecule has 24 heavy (non-hydrogen) atoms. The van der Waals surface area contributed by atoms with Crippen molar-refractivity contribution >= 4 is 35.0 Å². The topological polar surface area (TPSA) is 112 Å². The minimum atomic E-state index is -0.583. The number of nitrogens with one attached hydrogen (secondary N) is 1. The summed E-state index contributed by atoms with van der Waals surface area (Å²) in [7, 11) is 1.49. The van der Waals surface area contributed by atoms with E-state index in [0.717, 1.165) is 16.4 Å². The maximum absolute atomic E-state index is 12.4. The Balaban J connectivity index is 2.15. The van der Waals surface area contributed by atoms with Gasteiger partial charge in [0.1, 0.15) is 11.4 Å². The fourth-order valence-electron chi connectivity index (χ4n) is 1.77. The maximum Gasteiger partial charge on any atom is 0.294 e. The third-order valence-electron chi connectivity index (χ3n) is 3.09. The van der Waals surface area contributed by atoms with Gasteiger partial charge in [0, 0.05) is 5.02 Å². The second kappa shape index (κ2) is 7.54. The first-order chi connectivity index (χ1) is 11.3. The quantitative estimate of drug-likeness (QED) is 0.605. The average molecular weight is 370 g/mol. The molecule has 0 fully saturated rings. The Hall–Kier alpha value is -2.26. The molecule has 0 unspecified atom stereocenters. The number of aromatic nitrogens is 3. The van der Waals surface area contributed by atoms with Crippen LogP contribution in [0.15, 0.2) is 28.2 Å². The number of carbonyl (C=O) groups is 1. The molecule has 0 radical (unpaired) electrons. The minimum absolute atomic E-state index is 0.145. The highest BCUT2D eigenvalue weighted by Crippen LogP contribution is 2.29. The number of amides is 1. The van der Waals surface area contributed by atoms with Crippen molar-refractivity contribution < 1.29 is 9.53 Å². The van der Waals surface area contributed by atoms with Crippen LogP contribution in [0.4, 0.5) is 5.69 Å². The maximum atomic E-state index is 12.4. The fraction of sp³-hybridized carbons (Fsp3) is 0.286. The van der Waals surface area contributed by atoms with Crippen molar-refractivity contribution in [3.8, 4) is 5.75 Å². The van der Waals surface area contributed by atoms with Crippen LogP contribution in [-0.2, 0) is 4.79 Å². The molecule has 0 spiro atoms. The molecule has 1 aromatic carbocycles. The highest BCUT2D eigenvalue weighted by atomic mass is 35.5. The number of benzene rings is 1. The number of nitrogens with two attached hydrogens (primary N) is 1. The third-order valence-corrected chi connectivity index (χ3v) is 4.38. The second-order valence-electron chi connectivity index (χ2n) is 4.84. The number of ether oxygens (including phenoxy) is 1. The van der Waals surface area contributed by atoms with Gasteiger partial charge in [-0.25, -0.2) is 0 Å². The highest BCUT2D eigenvalue weighted by molar-refractivity contribution is 8.00. The van der Waals surface area contributed by atoms with Crippen LogP contribution in [0.25, 0.3) is 0 Å². The number of nitrogen functional groups attached to an aromatic ring is 1. The summed E-state index contributed by atoms with van der Waals surface area (Å²) in [5.41, 5.74) is 0.168. The van der Waals surface area contributed by atoms with Crippen molar-refractivity contribution in [1.29, 1.82) is 0 Å². The predicted molar refractivity (Wildman–Crippen MR) is 93.1 cm³/mol. The van der Waals surface area contributed by atoms with Crippen LogP contribution in [-0.4, -0.2) is 33.1 Å². The molecule has 2 aromatic rings. The number of hydrogen-bond acceptors (Lipinski definition) is 7. The molecule has 1 amide bonds. The van der Waals surface area contributed by atoms with Crippen LogP contribution in [0.5, 0.6) is 5.75 Å². The van der Waals surface area contributed by atoms with E-state index in [1.807, 2.05) is 0 Å². The largest absolute Gasteiger partial charge is 0.495 e. The Morgan fingerprint density at radius 3 is 2.83 bits per heavy atom. The molecule has 0 bridgehead atoms. The Morgan fingerprint density at radius 2 is 2.17 bits per heavy atom. The summed E-state index contributed by atoms with van der Waals surface area (Å²) in [6.45, 7) is 3.16. The lowest BCUT2D eigenvalue weighted by molar-refractivity contribution is -0.115. The number of halogens is 1. The van der Waals surface area contributed by atoms with Crippen molar-refractivity contribution in [2.24, 2.45) is 0 Å². The first kappa shape index (κ1) is 18.1. The number of aryl methyl sites for hydroxylation is 1. The summed E-state index contributed by atoms with van der Waals surface area (Å²) in [5, 5.41) is 10.3. The van der Waals surface area contributed by atoms with Gasteiger partial charge in [0.25, 0.3) is 5.56 Å². The summed E-state index contributed by atoms with van der Waals surface area (Å²) >= 11 is 6.95. The fourth-order valence-corrected chi connectivity index (χ4v) is 2.71. The molecule has 1 aromatic heterocycles. The van der Waals surface area contributed by atoms with Crippen molar-refractivity contribution in [3.63, 3.8) is 0 Å². The SMILES string of the molecule is COc1ccc(Cl)cc1NC(=O)[C@H](C)Sc1nnc(C)c(=O)n1N. The summed E-state index contributed by atoms with van der Waals surface area (Å²) < 4.78 is 6.05. The normalized spacial score (nSPS) is 11.8. The average Bonchev–Trinajstić information content (AvgIpc) is 2.55. The van der Waals surface area contributed by atoms with E-state index in [4.69, 9.17) is 22.2 Å². The van der Waals surface area contributed by atoms with E-state index < -0.39 is 10.8 Å². The van der Waals surface area contributed by atoms with Crippen LogP contribution >= 0.6 is 23.4 Å². The zero-order chi connectivity index (χ0) is 17.9. The molecular weight excluding hydrogens is 354 g/mol. The van der Waals surface area contributed by atoms with Crippen LogP contribution < -0.4 is 21.5 Å². The van der Waals surface area contributed by atoms with Crippen molar-refractivity contribution in [3.05, 3.63) is 39.3 Å². The van der Waals surface area contributed by atoms with Crippen LogP contribution in [0.3, 0.4) is 0 Å². The van der Waals surface area contributed by atoms with Crippen molar-refractivity contribution in [2.75, 3.05) is 18.3 Å². The van der Waals surface area contributed by atoms with Gasteiger partial charge in [-0.05, 0) is 32.0 Å². The molecule has 1 atom stereocenters. The van der Waals surface area contributed by atoms with Gasteiger partial charge >= 0.3 is 0 Å². The Morgan fingerprint density at radius 1 is 1.46 bits per heavy atom. The number of anilines is 1. The number of methoxy groups -OCH3 is 1. The van der Waals surface area contributed by atoms with E-state index >= 15 is 0 Å². The van der Waals surface area contributed by atoms with Gasteiger partial charge in [-0.15, -0.1) is 10.2 Å². The molecule has 2 rings (SSSR count). The number of carbonyl (C=O) groups excluding carboxylic acids is 1. The molecule has 10 heteroatoms. The van der Waals surface area contributed by atoms with Gasteiger partial charge in [-0.2, -0.15) is 4.68 Å². The zero-order valence-electron chi connectivity index (χ0n) is 13.2. The monoisotopic (exact) mass is 369 g/mol. The Labute approximate surface area is 147 Å². The van der Waals surface area contributed by atoms with Gasteiger partial charge in [0.15, 0.2) is 0 Å². The van der Waals surface area contributed by atoms with Gasteiger partial charge in [-0.1, -0.05) is 23.4 Å². The van der Waals surface area contributed by atoms with E-state index in [9.17, 15) is 9.59 Å². The molecule has 0 saturated heterocycles. The van der Waals surface area contributed by atoms with Gasteiger partial charge in [0.05, 0.1) is 18.0 Å². The van der Waals surface area contributed by atoms with Gasteiger partial charge in [0.2, 0.25) is 11.1 Å². The molecule has 0 aliphatic heterocycles. The van der Waals surface area contributed by atoms with Crippen molar-refractivity contribution in [2.45, 2.75) is 24.3 Å². The molecule has 8 nitrogen and oxygen atoms in total. The van der Waals surface area contributed by atoms with Crippen molar-refractivity contribution in [1.82, 2.24) is 14.9 Å². The molecule has 0 aliphatic carbocycles. The Kier molecular flexibility index (Phi) is 5.68. The standard InChI is InChI=1S/C14H16ClN5O3S/c1-7-13(22)20(16)14(19-18-7)24-8(2)12(21)17-10-6-9(15)4-5-11(10)23-3/h4-6,8H,16H2,1-3H3,(H,17,21)/t8-/m0/s1. The first-order valence-corrected chi connectivity index (χ1v) is 8.11. The third kappa shape index (κ3) is 3.98. The van der Waals surface area contributed by atoms with Crippen LogP contribution in [0, 0.1) is 6.92 Å². The summed E-state index contributed by atoms with van der Waals surface area (Å²) in [6.07, 6.45) is 0. The highest BCUT2D eigenvalue weighted by Gasteiger charge is 2.20. The molecule has 0 aliphatic rings. The second-order valence-corrected chi connectivity index (χ2v) is 6.58. The minimum Gasteiger partial charge on any atom is -0.495 e. The van der Waals surface area contributed by atoms with Crippen LogP contribution in [0.1, 0.15) is 12.6 Å². The molecule has 1 heterocycles. The van der Waals surface area contributed by atoms with E-state index in [2.05, 4.69) is 15.5 Å². The van der Waals surface area contributed by atoms with E-state index in [0.29, 0.717) is 16.5 Å².